The molecular formula is C23H31BCl2N2O5. The Hall–Kier alpha value is -1.81. The zero-order valence-corrected chi connectivity index (χ0v) is 20.4. The summed E-state index contributed by atoms with van der Waals surface area (Å²) in [7, 11) is 0.168. The number of ether oxygens (including phenoxy) is 1. The molecule has 33 heavy (non-hydrogen) atoms. The van der Waals surface area contributed by atoms with Gasteiger partial charge in [-0.05, 0) is 56.6 Å². The van der Waals surface area contributed by atoms with Crippen LogP contribution in [0.4, 0.5) is 0 Å². The minimum absolute atomic E-state index is 0.123. The predicted molar refractivity (Wildman–Crippen MR) is 132 cm³/mol. The first-order valence-corrected chi connectivity index (χ1v) is 11.5. The van der Waals surface area contributed by atoms with Crippen LogP contribution in [-0.4, -0.2) is 51.7 Å². The molecule has 0 saturated carbocycles. The molecule has 0 heterocycles. The summed E-state index contributed by atoms with van der Waals surface area (Å²) in [6.07, 6.45) is 2.66. The van der Waals surface area contributed by atoms with Gasteiger partial charge >= 0.3 is 13.1 Å². The molecule has 0 spiro atoms. The first-order valence-electron chi connectivity index (χ1n) is 10.8. The molecule has 0 bridgehead atoms. The second-order valence-corrected chi connectivity index (χ2v) is 9.37. The molecule has 2 rings (SSSR count). The van der Waals surface area contributed by atoms with E-state index in [-0.39, 0.29) is 6.42 Å². The van der Waals surface area contributed by atoms with Crippen LogP contribution in [0.15, 0.2) is 42.5 Å². The second-order valence-electron chi connectivity index (χ2n) is 8.56. The van der Waals surface area contributed by atoms with Crippen LogP contribution >= 0.6 is 23.2 Å². The van der Waals surface area contributed by atoms with Crippen LogP contribution in [0.2, 0.25) is 10.0 Å². The molecule has 0 aliphatic carbocycles. The van der Waals surface area contributed by atoms with Crippen LogP contribution in [0.25, 0.3) is 0 Å². The van der Waals surface area contributed by atoms with Gasteiger partial charge in [0.25, 0.3) is 0 Å². The summed E-state index contributed by atoms with van der Waals surface area (Å²) in [5, 5.41) is 29.7. The number of carboxylic acid groups (broad SMARTS) is 1. The molecule has 10 heteroatoms. The molecule has 2 aromatic rings. The maximum Gasteiger partial charge on any atom is 0.471 e. The van der Waals surface area contributed by atoms with E-state index in [4.69, 9.17) is 38.8 Å². The van der Waals surface area contributed by atoms with Crippen LogP contribution in [0.3, 0.4) is 0 Å². The Kier molecular flexibility index (Phi) is 10.5. The number of likely N-dealkylation sites (N-methyl/N-ethyl adjacent to an activating group) is 1. The Morgan fingerprint density at radius 3 is 2.30 bits per heavy atom. The number of carbonyl (C=O) groups is 1. The summed E-state index contributed by atoms with van der Waals surface area (Å²) >= 11 is 12.0. The maximum absolute atomic E-state index is 10.6. The molecule has 7 nitrogen and oxygen atoms in total. The Labute approximate surface area is 205 Å². The number of unbranched alkanes of at least 4 members (excludes halogenated alkanes) is 2. The summed E-state index contributed by atoms with van der Waals surface area (Å²) in [6, 6.07) is 12.5. The molecule has 0 aliphatic rings. The minimum Gasteiger partial charge on any atom is -0.481 e. The number of aliphatic carboxylic acids is 1. The van der Waals surface area contributed by atoms with Crippen LogP contribution in [0.5, 0.6) is 11.5 Å². The smallest absolute Gasteiger partial charge is 0.471 e. The zero-order valence-electron chi connectivity index (χ0n) is 18.9. The van der Waals surface area contributed by atoms with Gasteiger partial charge in [0.05, 0.1) is 16.0 Å². The molecule has 0 radical (unpaired) electrons. The van der Waals surface area contributed by atoms with Gasteiger partial charge in [0.1, 0.15) is 11.5 Å². The third-order valence-corrected chi connectivity index (χ3v) is 6.26. The summed E-state index contributed by atoms with van der Waals surface area (Å²) in [5.41, 5.74) is 6.55. The number of rotatable bonds is 13. The van der Waals surface area contributed by atoms with Gasteiger partial charge in [-0.2, -0.15) is 0 Å². The highest BCUT2D eigenvalue weighted by Gasteiger charge is 2.41. The van der Waals surface area contributed by atoms with Crippen molar-refractivity contribution in [3.63, 3.8) is 0 Å². The number of hydrogen-bond donors (Lipinski definition) is 4. The molecular weight excluding hydrogens is 466 g/mol. The number of carboxylic acids is 1. The second kappa shape index (κ2) is 12.6. The van der Waals surface area contributed by atoms with E-state index in [0.29, 0.717) is 47.4 Å². The fraction of sp³-hybridized carbons (Fsp3) is 0.435. The van der Waals surface area contributed by atoms with E-state index < -0.39 is 24.6 Å². The van der Waals surface area contributed by atoms with Crippen LogP contribution in [0, 0.1) is 0 Å². The third kappa shape index (κ3) is 8.81. The summed E-state index contributed by atoms with van der Waals surface area (Å²) in [4.78, 5) is 12.5. The fourth-order valence-electron chi connectivity index (χ4n) is 3.90. The monoisotopic (exact) mass is 496 g/mol. The quantitative estimate of drug-likeness (QED) is 0.240. The molecule has 0 aliphatic heterocycles. The van der Waals surface area contributed by atoms with Crippen molar-refractivity contribution in [3.8, 4) is 11.5 Å². The lowest BCUT2D eigenvalue weighted by Gasteiger charge is -2.40. The molecule has 2 unspecified atom stereocenters. The predicted octanol–water partition coefficient (Wildman–Crippen LogP) is 4.35. The fourth-order valence-corrected chi connectivity index (χ4v) is 4.19. The van der Waals surface area contributed by atoms with E-state index in [1.807, 2.05) is 29.2 Å². The number of hydrogen-bond acceptors (Lipinski definition) is 6. The lowest BCUT2D eigenvalue weighted by atomic mass is 9.66. The number of benzene rings is 2. The average molecular weight is 497 g/mol. The lowest BCUT2D eigenvalue weighted by Crippen LogP contribution is -2.62. The van der Waals surface area contributed by atoms with Crippen molar-refractivity contribution in [3.05, 3.63) is 58.1 Å². The van der Waals surface area contributed by atoms with Crippen molar-refractivity contribution in [1.82, 2.24) is 4.90 Å². The highest BCUT2D eigenvalue weighted by molar-refractivity contribution is 6.43. The van der Waals surface area contributed by atoms with Gasteiger partial charge in [-0.3, -0.25) is 9.69 Å². The van der Waals surface area contributed by atoms with Crippen molar-refractivity contribution in [2.45, 2.75) is 57.1 Å². The van der Waals surface area contributed by atoms with E-state index in [1.165, 1.54) is 0 Å². The van der Waals surface area contributed by atoms with Crippen molar-refractivity contribution < 1.29 is 24.7 Å². The number of nitrogens with two attached hydrogens (primary N) is 1. The van der Waals surface area contributed by atoms with Crippen LogP contribution in [-0.2, 0) is 11.3 Å². The maximum atomic E-state index is 10.6. The number of halogens is 2. The van der Waals surface area contributed by atoms with E-state index in [2.05, 4.69) is 0 Å². The molecule has 5 N–H and O–H groups in total. The normalized spacial score (nSPS) is 14.1. The first kappa shape index (κ1) is 27.4. The highest BCUT2D eigenvalue weighted by atomic mass is 35.5. The molecule has 180 valence electrons. The van der Waals surface area contributed by atoms with E-state index in [9.17, 15) is 14.8 Å². The summed E-state index contributed by atoms with van der Waals surface area (Å²) < 4.78 is 5.80. The van der Waals surface area contributed by atoms with Gasteiger partial charge in [-0.25, -0.2) is 0 Å². The zero-order chi connectivity index (χ0) is 24.6. The average Bonchev–Trinajstić information content (AvgIpc) is 2.71. The van der Waals surface area contributed by atoms with E-state index in [1.54, 1.807) is 32.2 Å². The summed E-state index contributed by atoms with van der Waals surface area (Å²) in [6.45, 7) is 2.24. The third-order valence-electron chi connectivity index (χ3n) is 5.52. The van der Waals surface area contributed by atoms with Gasteiger partial charge in [0.15, 0.2) is 0 Å². The largest absolute Gasteiger partial charge is 0.481 e. The molecule has 0 aromatic heterocycles. The topological polar surface area (TPSA) is 116 Å². The Balaban J connectivity index is 1.97. The first-order chi connectivity index (χ1) is 15.5. The molecule has 2 aromatic carbocycles. The van der Waals surface area contributed by atoms with Gasteiger partial charge < -0.3 is 25.6 Å². The van der Waals surface area contributed by atoms with E-state index in [0.717, 1.165) is 12.0 Å². The van der Waals surface area contributed by atoms with Crippen molar-refractivity contribution in [2.24, 2.45) is 5.73 Å². The van der Waals surface area contributed by atoms with Crippen molar-refractivity contribution in [2.75, 3.05) is 7.05 Å². The lowest BCUT2D eigenvalue weighted by molar-refractivity contribution is -0.137. The highest BCUT2D eigenvalue weighted by Crippen LogP contribution is 2.30. The molecule has 0 saturated heterocycles. The van der Waals surface area contributed by atoms with Gasteiger partial charge in [0, 0.05) is 24.6 Å². The van der Waals surface area contributed by atoms with Crippen molar-refractivity contribution in [1.29, 1.82) is 0 Å². The van der Waals surface area contributed by atoms with Crippen LogP contribution < -0.4 is 10.5 Å². The Bertz CT molecular complexity index is 912. The molecule has 0 amide bonds. The molecule has 2 atom stereocenters. The number of nitrogens with zero attached hydrogens (tertiary/aromatic N) is 1. The van der Waals surface area contributed by atoms with Gasteiger partial charge in [0.2, 0.25) is 0 Å². The Morgan fingerprint density at radius 2 is 1.73 bits per heavy atom. The van der Waals surface area contributed by atoms with E-state index >= 15 is 0 Å². The van der Waals surface area contributed by atoms with Crippen molar-refractivity contribution >= 4 is 36.3 Å². The Morgan fingerprint density at radius 1 is 1.09 bits per heavy atom. The SMILES string of the molecule is CN(Cc1ccc(Oc2ccc(Cl)c(Cl)c2)cc1)C(B(O)O)C(C)(N)CCCCCC(=O)O. The minimum atomic E-state index is -1.62. The molecule has 0 fully saturated rings. The van der Waals surface area contributed by atoms with Crippen LogP contribution in [0.1, 0.15) is 44.6 Å². The standard InChI is InChI=1S/C23H31BCl2N2O5/c1-23(27,13-5-3-4-6-21(29)30)22(24(31)32)28(2)15-16-7-9-17(10-8-16)33-18-11-12-19(25)20(26)14-18/h7-12,14,22,31-32H,3-6,13,15,27H2,1-2H3,(H,29,30). The van der Waals surface area contributed by atoms with Gasteiger partial charge in [-0.15, -0.1) is 0 Å². The summed E-state index contributed by atoms with van der Waals surface area (Å²) in [5.74, 6) is -0.324. The van der Waals surface area contributed by atoms with Gasteiger partial charge in [-0.1, -0.05) is 48.2 Å².